The Hall–Kier alpha value is -1.62. The monoisotopic (exact) mass is 241 g/mol. The number of halogens is 2. The quantitative estimate of drug-likeness (QED) is 0.898. The lowest BCUT2D eigenvalue weighted by Crippen LogP contribution is -2.01. The molecule has 6 heteroatoms. The summed E-state index contributed by atoms with van der Waals surface area (Å²) in [6.07, 6.45) is 0. The smallest absolute Gasteiger partial charge is 0.223 e. The third-order valence-electron chi connectivity index (χ3n) is 1.94. The van der Waals surface area contributed by atoms with Crippen LogP contribution in [0.4, 0.5) is 10.1 Å². The molecule has 16 heavy (non-hydrogen) atoms. The highest BCUT2D eigenvalue weighted by atomic mass is 35.5. The minimum Gasteiger partial charge on any atom is -0.378 e. The molecule has 0 aliphatic heterocycles. The van der Waals surface area contributed by atoms with Gasteiger partial charge in [0.15, 0.2) is 5.82 Å². The summed E-state index contributed by atoms with van der Waals surface area (Å²) in [6.45, 7) is 2.08. The van der Waals surface area contributed by atoms with Crippen LogP contribution in [0, 0.1) is 12.7 Å². The zero-order chi connectivity index (χ0) is 11.5. The van der Waals surface area contributed by atoms with Gasteiger partial charge in [0.05, 0.1) is 11.6 Å². The molecule has 1 heterocycles. The van der Waals surface area contributed by atoms with Crippen LogP contribution < -0.4 is 5.32 Å². The number of hydrogen-bond donors (Lipinski definition) is 1. The van der Waals surface area contributed by atoms with E-state index in [1.165, 1.54) is 12.1 Å². The van der Waals surface area contributed by atoms with E-state index in [1.807, 2.05) is 0 Å². The fourth-order valence-electron chi connectivity index (χ4n) is 1.20. The van der Waals surface area contributed by atoms with Gasteiger partial charge >= 0.3 is 0 Å². The first-order valence-corrected chi connectivity index (χ1v) is 5.01. The van der Waals surface area contributed by atoms with E-state index in [-0.39, 0.29) is 5.02 Å². The Labute approximate surface area is 96.4 Å². The highest BCUT2D eigenvalue weighted by molar-refractivity contribution is 6.30. The lowest BCUT2D eigenvalue weighted by molar-refractivity contribution is 0.388. The molecule has 0 spiro atoms. The first kappa shape index (κ1) is 10.9. The van der Waals surface area contributed by atoms with Gasteiger partial charge in [-0.3, -0.25) is 0 Å². The Balaban J connectivity index is 2.02. The number of rotatable bonds is 3. The number of nitrogens with one attached hydrogen (secondary N) is 1. The minimum absolute atomic E-state index is 0.0981. The molecule has 0 unspecified atom stereocenters. The fraction of sp³-hybridized carbons (Fsp3) is 0.200. The normalized spacial score (nSPS) is 10.4. The maximum Gasteiger partial charge on any atom is 0.223 e. The fourth-order valence-corrected chi connectivity index (χ4v) is 1.32. The second kappa shape index (κ2) is 4.49. The minimum atomic E-state index is -0.462. The zero-order valence-corrected chi connectivity index (χ0v) is 9.25. The van der Waals surface area contributed by atoms with E-state index < -0.39 is 5.82 Å². The summed E-state index contributed by atoms with van der Waals surface area (Å²) in [6, 6.07) is 4.48. The van der Waals surface area contributed by atoms with Crippen molar-refractivity contribution in [1.82, 2.24) is 10.1 Å². The highest BCUT2D eigenvalue weighted by Crippen LogP contribution is 2.18. The van der Waals surface area contributed by atoms with E-state index in [0.717, 1.165) is 0 Å². The van der Waals surface area contributed by atoms with E-state index in [2.05, 4.69) is 15.5 Å². The molecular weight excluding hydrogens is 233 g/mol. The summed E-state index contributed by atoms with van der Waals surface area (Å²) in [5, 5.41) is 6.76. The highest BCUT2D eigenvalue weighted by Gasteiger charge is 2.03. The molecule has 1 aromatic heterocycles. The largest absolute Gasteiger partial charge is 0.378 e. The molecule has 0 fully saturated rings. The summed E-state index contributed by atoms with van der Waals surface area (Å²) in [5.41, 5.74) is 0.615. The Morgan fingerprint density at radius 3 is 2.94 bits per heavy atom. The lowest BCUT2D eigenvalue weighted by atomic mass is 10.3. The van der Waals surface area contributed by atoms with Crippen molar-refractivity contribution < 1.29 is 8.91 Å². The molecular formula is C10H9ClFN3O. The number of nitrogens with zero attached hydrogens (tertiary/aromatic N) is 2. The average Bonchev–Trinajstić information content (AvgIpc) is 2.66. The Bertz CT molecular complexity index is 501. The van der Waals surface area contributed by atoms with E-state index in [9.17, 15) is 4.39 Å². The van der Waals surface area contributed by atoms with E-state index in [0.29, 0.717) is 23.9 Å². The van der Waals surface area contributed by atoms with Gasteiger partial charge in [0, 0.05) is 12.6 Å². The molecule has 0 bridgehead atoms. The van der Waals surface area contributed by atoms with Gasteiger partial charge in [-0.1, -0.05) is 16.8 Å². The van der Waals surface area contributed by atoms with E-state index >= 15 is 0 Å². The predicted molar refractivity (Wildman–Crippen MR) is 57.8 cm³/mol. The van der Waals surface area contributed by atoms with Gasteiger partial charge in [0.1, 0.15) is 5.82 Å². The van der Waals surface area contributed by atoms with Gasteiger partial charge in [-0.25, -0.2) is 4.39 Å². The molecule has 0 aliphatic carbocycles. The predicted octanol–water partition coefficient (Wildman–Crippen LogP) is 2.78. The van der Waals surface area contributed by atoms with Gasteiger partial charge in [-0.05, 0) is 18.2 Å². The van der Waals surface area contributed by atoms with Crippen molar-refractivity contribution in [3.05, 3.63) is 40.8 Å². The van der Waals surface area contributed by atoms with Crippen molar-refractivity contribution in [1.29, 1.82) is 0 Å². The number of benzene rings is 1. The van der Waals surface area contributed by atoms with Crippen LogP contribution in [0.15, 0.2) is 22.7 Å². The molecule has 2 aromatic rings. The van der Waals surface area contributed by atoms with Crippen LogP contribution in [0.3, 0.4) is 0 Å². The number of aromatic nitrogens is 2. The van der Waals surface area contributed by atoms with Gasteiger partial charge in [-0.15, -0.1) is 0 Å². The van der Waals surface area contributed by atoms with Crippen molar-refractivity contribution in [2.75, 3.05) is 5.32 Å². The van der Waals surface area contributed by atoms with Gasteiger partial charge in [0.25, 0.3) is 0 Å². The third kappa shape index (κ3) is 2.49. The van der Waals surface area contributed by atoms with Crippen LogP contribution >= 0.6 is 11.6 Å². The molecule has 1 aromatic carbocycles. The van der Waals surface area contributed by atoms with Crippen LogP contribution in [0.5, 0.6) is 0 Å². The van der Waals surface area contributed by atoms with Gasteiger partial charge in [-0.2, -0.15) is 4.98 Å². The average molecular weight is 242 g/mol. The van der Waals surface area contributed by atoms with Crippen molar-refractivity contribution in [2.24, 2.45) is 0 Å². The number of hydrogen-bond acceptors (Lipinski definition) is 4. The van der Waals surface area contributed by atoms with Crippen molar-refractivity contribution in [2.45, 2.75) is 13.5 Å². The molecule has 84 valence electrons. The molecule has 0 radical (unpaired) electrons. The van der Waals surface area contributed by atoms with E-state index in [4.69, 9.17) is 16.1 Å². The summed E-state index contributed by atoms with van der Waals surface area (Å²) >= 11 is 5.56. The first-order valence-electron chi connectivity index (χ1n) is 4.63. The van der Waals surface area contributed by atoms with Gasteiger partial charge in [0.2, 0.25) is 5.89 Å². The Morgan fingerprint density at radius 2 is 2.31 bits per heavy atom. The third-order valence-corrected chi connectivity index (χ3v) is 2.25. The maximum absolute atomic E-state index is 13.1. The SMILES string of the molecule is Cc1nc(CNc2ccc(Cl)c(F)c2)no1. The van der Waals surface area contributed by atoms with Crippen molar-refractivity contribution in [3.8, 4) is 0 Å². The molecule has 2 rings (SSSR count). The summed E-state index contributed by atoms with van der Waals surface area (Å²) < 4.78 is 17.9. The van der Waals surface area contributed by atoms with Crippen LogP contribution in [0.2, 0.25) is 5.02 Å². The van der Waals surface area contributed by atoms with Crippen LogP contribution in [0.1, 0.15) is 11.7 Å². The zero-order valence-electron chi connectivity index (χ0n) is 8.50. The van der Waals surface area contributed by atoms with Gasteiger partial charge < -0.3 is 9.84 Å². The first-order chi connectivity index (χ1) is 7.65. The molecule has 0 saturated carbocycles. The number of aryl methyl sites for hydroxylation is 1. The van der Waals surface area contributed by atoms with Crippen LogP contribution in [-0.2, 0) is 6.54 Å². The Morgan fingerprint density at radius 1 is 1.50 bits per heavy atom. The standard InChI is InChI=1S/C10H9ClFN3O/c1-6-14-10(15-16-6)5-13-7-2-3-8(11)9(12)4-7/h2-4,13H,5H2,1H3. The molecule has 0 saturated heterocycles. The summed E-state index contributed by atoms with van der Waals surface area (Å²) in [5.74, 6) is 0.558. The van der Waals surface area contributed by atoms with Crippen LogP contribution in [-0.4, -0.2) is 10.1 Å². The molecule has 0 amide bonds. The topological polar surface area (TPSA) is 51.0 Å². The van der Waals surface area contributed by atoms with E-state index in [1.54, 1.807) is 13.0 Å². The summed E-state index contributed by atoms with van der Waals surface area (Å²) in [4.78, 5) is 4.01. The molecule has 0 atom stereocenters. The number of anilines is 1. The van der Waals surface area contributed by atoms with Crippen molar-refractivity contribution in [3.63, 3.8) is 0 Å². The summed E-state index contributed by atoms with van der Waals surface area (Å²) in [7, 11) is 0. The second-order valence-electron chi connectivity index (χ2n) is 3.21. The van der Waals surface area contributed by atoms with Crippen LogP contribution in [0.25, 0.3) is 0 Å². The molecule has 0 aliphatic rings. The molecule has 1 N–H and O–H groups in total. The Kier molecular flexibility index (Phi) is 3.05. The maximum atomic E-state index is 13.1. The second-order valence-corrected chi connectivity index (χ2v) is 3.62. The lowest BCUT2D eigenvalue weighted by Gasteiger charge is -2.03. The molecule has 4 nitrogen and oxygen atoms in total. The van der Waals surface area contributed by atoms with Crippen molar-refractivity contribution >= 4 is 17.3 Å².